The van der Waals surface area contributed by atoms with Crippen LogP contribution in [-0.2, 0) is 11.0 Å². The summed E-state index contributed by atoms with van der Waals surface area (Å²) in [5.74, 6) is -0.640. The van der Waals surface area contributed by atoms with Gasteiger partial charge in [0.1, 0.15) is 11.5 Å². The van der Waals surface area contributed by atoms with Crippen LogP contribution in [0, 0.1) is 0 Å². The van der Waals surface area contributed by atoms with Crippen LogP contribution in [0.15, 0.2) is 52.0 Å². The number of benzene rings is 2. The third-order valence-corrected chi connectivity index (χ3v) is 3.54. The summed E-state index contributed by atoms with van der Waals surface area (Å²) in [4.78, 5) is 11.6. The van der Waals surface area contributed by atoms with E-state index in [1.54, 1.807) is 12.1 Å². The molecule has 2 rings (SSSR count). The lowest BCUT2D eigenvalue weighted by atomic mass is 10.2. The fourth-order valence-electron chi connectivity index (χ4n) is 1.73. The number of alkyl halides is 3. The lowest BCUT2D eigenvalue weighted by Gasteiger charge is -2.09. The Bertz CT molecular complexity index is 794. The van der Waals surface area contributed by atoms with Gasteiger partial charge in [-0.05, 0) is 57.9 Å². The Morgan fingerprint density at radius 2 is 2.04 bits per heavy atom. The topological polar surface area (TPSA) is 70.9 Å². The highest BCUT2D eigenvalue weighted by Crippen LogP contribution is 2.31. The van der Waals surface area contributed by atoms with Crippen molar-refractivity contribution >= 4 is 28.1 Å². The molecule has 132 valence electrons. The van der Waals surface area contributed by atoms with Gasteiger partial charge in [-0.2, -0.15) is 18.3 Å². The number of phenols is 1. The van der Waals surface area contributed by atoms with Crippen LogP contribution in [-0.4, -0.2) is 23.8 Å². The van der Waals surface area contributed by atoms with E-state index in [0.717, 1.165) is 12.1 Å². The summed E-state index contributed by atoms with van der Waals surface area (Å²) in [6.07, 6.45) is -3.14. The molecule has 0 saturated carbocycles. The van der Waals surface area contributed by atoms with Gasteiger partial charge < -0.3 is 9.84 Å². The first kappa shape index (κ1) is 18.8. The smallest absolute Gasteiger partial charge is 0.416 e. The van der Waals surface area contributed by atoms with Gasteiger partial charge in [0.15, 0.2) is 6.61 Å². The Hall–Kier alpha value is -2.55. The maximum Gasteiger partial charge on any atom is 0.416 e. The number of carbonyl (C=O) groups is 1. The average molecular weight is 417 g/mol. The van der Waals surface area contributed by atoms with Crippen molar-refractivity contribution in [2.24, 2.45) is 5.10 Å². The van der Waals surface area contributed by atoms with Crippen LogP contribution in [0.4, 0.5) is 13.2 Å². The molecular formula is C16H12BrF3N2O3. The van der Waals surface area contributed by atoms with Gasteiger partial charge in [0, 0.05) is 0 Å². The second-order valence-electron chi connectivity index (χ2n) is 4.82. The van der Waals surface area contributed by atoms with Crippen LogP contribution in [0.25, 0.3) is 0 Å². The van der Waals surface area contributed by atoms with Gasteiger partial charge in [0.25, 0.3) is 5.91 Å². The molecule has 0 unspecified atom stereocenters. The van der Waals surface area contributed by atoms with Crippen molar-refractivity contribution in [2.75, 3.05) is 6.61 Å². The molecule has 2 aromatic carbocycles. The molecule has 0 bridgehead atoms. The van der Waals surface area contributed by atoms with E-state index >= 15 is 0 Å². The maximum absolute atomic E-state index is 12.6. The molecule has 9 heteroatoms. The Balaban J connectivity index is 1.86. The molecule has 0 atom stereocenters. The van der Waals surface area contributed by atoms with Gasteiger partial charge in [-0.3, -0.25) is 4.79 Å². The third kappa shape index (κ3) is 5.79. The lowest BCUT2D eigenvalue weighted by molar-refractivity contribution is -0.137. The summed E-state index contributed by atoms with van der Waals surface area (Å²) < 4.78 is 43.2. The number of ether oxygens (including phenoxy) is 1. The van der Waals surface area contributed by atoms with Crippen LogP contribution in [0.1, 0.15) is 11.1 Å². The predicted octanol–water partition coefficient (Wildman–Crippen LogP) is 3.70. The monoisotopic (exact) mass is 416 g/mol. The SMILES string of the molecule is O=C(COc1cccc(C(F)(F)F)c1)N/N=C/c1ccc(O)c(Br)c1. The second kappa shape index (κ2) is 8.02. The van der Waals surface area contributed by atoms with Gasteiger partial charge >= 0.3 is 6.18 Å². The molecule has 1 amide bonds. The first-order chi connectivity index (χ1) is 11.8. The Morgan fingerprint density at radius 1 is 1.28 bits per heavy atom. The molecule has 0 aromatic heterocycles. The standard InChI is InChI=1S/C16H12BrF3N2O3/c17-13-6-10(4-5-14(13)23)8-21-22-15(24)9-25-12-3-1-2-11(7-12)16(18,19)20/h1-8,23H,9H2,(H,22,24)/b21-8+. The molecule has 0 aliphatic rings. The minimum atomic E-state index is -4.48. The molecule has 0 fully saturated rings. The summed E-state index contributed by atoms with van der Waals surface area (Å²) in [7, 11) is 0. The van der Waals surface area contributed by atoms with E-state index < -0.39 is 24.3 Å². The summed E-state index contributed by atoms with van der Waals surface area (Å²) in [5.41, 5.74) is 1.94. The molecule has 0 aliphatic carbocycles. The molecule has 25 heavy (non-hydrogen) atoms. The largest absolute Gasteiger partial charge is 0.507 e. The number of halogens is 4. The van der Waals surface area contributed by atoms with Crippen LogP contribution in [0.2, 0.25) is 0 Å². The van der Waals surface area contributed by atoms with E-state index in [2.05, 4.69) is 26.5 Å². The minimum absolute atomic E-state index is 0.0654. The highest BCUT2D eigenvalue weighted by atomic mass is 79.9. The molecule has 2 aromatic rings. The molecule has 0 heterocycles. The Morgan fingerprint density at radius 3 is 2.72 bits per heavy atom. The van der Waals surface area contributed by atoms with Gasteiger partial charge in [-0.1, -0.05) is 6.07 Å². The molecule has 0 aliphatic heterocycles. The number of carbonyl (C=O) groups excluding carboxylic acids is 1. The van der Waals surface area contributed by atoms with E-state index in [9.17, 15) is 23.1 Å². The van der Waals surface area contributed by atoms with Crippen molar-refractivity contribution in [3.05, 3.63) is 58.1 Å². The number of nitrogens with one attached hydrogen (secondary N) is 1. The number of aromatic hydroxyl groups is 1. The van der Waals surface area contributed by atoms with E-state index in [1.165, 1.54) is 24.4 Å². The number of nitrogens with zero attached hydrogens (tertiary/aromatic N) is 1. The Labute approximate surface area is 149 Å². The fraction of sp³-hybridized carbons (Fsp3) is 0.125. The number of amides is 1. The quantitative estimate of drug-likeness (QED) is 0.576. The fourth-order valence-corrected chi connectivity index (χ4v) is 2.12. The van der Waals surface area contributed by atoms with E-state index in [-0.39, 0.29) is 11.5 Å². The summed E-state index contributed by atoms with van der Waals surface area (Å²) >= 11 is 3.14. The van der Waals surface area contributed by atoms with Gasteiger partial charge in [-0.15, -0.1) is 0 Å². The molecule has 0 spiro atoms. The normalized spacial score (nSPS) is 11.5. The van der Waals surface area contributed by atoms with Crippen LogP contribution >= 0.6 is 15.9 Å². The number of hydrogen-bond donors (Lipinski definition) is 2. The summed E-state index contributed by atoms with van der Waals surface area (Å²) in [5, 5.41) is 13.1. The van der Waals surface area contributed by atoms with E-state index in [4.69, 9.17) is 4.74 Å². The zero-order valence-electron chi connectivity index (χ0n) is 12.5. The van der Waals surface area contributed by atoms with Crippen LogP contribution < -0.4 is 10.2 Å². The number of phenolic OH excluding ortho intramolecular Hbond substituents is 1. The molecule has 0 saturated heterocycles. The minimum Gasteiger partial charge on any atom is -0.507 e. The van der Waals surface area contributed by atoms with Crippen molar-refractivity contribution in [3.63, 3.8) is 0 Å². The molecule has 2 N–H and O–H groups in total. The highest BCUT2D eigenvalue weighted by Gasteiger charge is 2.30. The maximum atomic E-state index is 12.6. The average Bonchev–Trinajstić information content (AvgIpc) is 2.56. The highest BCUT2D eigenvalue weighted by molar-refractivity contribution is 9.10. The van der Waals surface area contributed by atoms with Crippen LogP contribution in [0.3, 0.4) is 0 Å². The Kier molecular flexibility index (Phi) is 6.02. The zero-order chi connectivity index (χ0) is 18.4. The molecule has 0 radical (unpaired) electrons. The van der Waals surface area contributed by atoms with Crippen molar-refractivity contribution in [1.82, 2.24) is 5.43 Å². The summed E-state index contributed by atoms with van der Waals surface area (Å²) in [6, 6.07) is 8.84. The summed E-state index contributed by atoms with van der Waals surface area (Å²) in [6.45, 7) is -0.488. The number of rotatable bonds is 5. The number of hydrogen-bond acceptors (Lipinski definition) is 4. The first-order valence-electron chi connectivity index (χ1n) is 6.86. The third-order valence-electron chi connectivity index (χ3n) is 2.91. The van der Waals surface area contributed by atoms with Crippen molar-refractivity contribution in [3.8, 4) is 11.5 Å². The van der Waals surface area contributed by atoms with Crippen LogP contribution in [0.5, 0.6) is 11.5 Å². The zero-order valence-corrected chi connectivity index (χ0v) is 14.1. The first-order valence-corrected chi connectivity index (χ1v) is 7.65. The predicted molar refractivity (Wildman–Crippen MR) is 88.5 cm³/mol. The van der Waals surface area contributed by atoms with E-state index in [0.29, 0.717) is 10.0 Å². The lowest BCUT2D eigenvalue weighted by Crippen LogP contribution is -2.24. The van der Waals surface area contributed by atoms with Gasteiger partial charge in [0.2, 0.25) is 0 Å². The van der Waals surface area contributed by atoms with Gasteiger partial charge in [0.05, 0.1) is 16.3 Å². The van der Waals surface area contributed by atoms with Crippen molar-refractivity contribution in [1.29, 1.82) is 0 Å². The van der Waals surface area contributed by atoms with Crippen molar-refractivity contribution in [2.45, 2.75) is 6.18 Å². The van der Waals surface area contributed by atoms with Gasteiger partial charge in [-0.25, -0.2) is 5.43 Å². The van der Waals surface area contributed by atoms with E-state index in [1.807, 2.05) is 0 Å². The number of hydrazone groups is 1. The second-order valence-corrected chi connectivity index (χ2v) is 5.67. The van der Waals surface area contributed by atoms with Crippen molar-refractivity contribution < 1.29 is 27.8 Å². The molecule has 5 nitrogen and oxygen atoms in total. The molecular weight excluding hydrogens is 405 g/mol.